The fourth-order valence-corrected chi connectivity index (χ4v) is 0.973. The van der Waals surface area contributed by atoms with Gasteiger partial charge in [0, 0.05) is 13.2 Å². The van der Waals surface area contributed by atoms with Crippen LogP contribution in [0.25, 0.3) is 0 Å². The van der Waals surface area contributed by atoms with E-state index < -0.39 is 12.3 Å². The van der Waals surface area contributed by atoms with E-state index in [4.69, 9.17) is 0 Å². The first-order chi connectivity index (χ1) is 7.43. The molecule has 0 aromatic carbocycles. The fourth-order valence-electron chi connectivity index (χ4n) is 0.973. The van der Waals surface area contributed by atoms with Gasteiger partial charge in [-0.3, -0.25) is 0 Å². The van der Waals surface area contributed by atoms with E-state index in [0.717, 1.165) is 6.92 Å². The Balaban J connectivity index is 2.48. The van der Waals surface area contributed by atoms with Crippen LogP contribution < -0.4 is 5.32 Å². The predicted molar refractivity (Wildman–Crippen MR) is 54.1 cm³/mol. The molecule has 0 saturated heterocycles. The molecular formula is C10H13F3N2O. The Hall–Kier alpha value is -1.30. The van der Waals surface area contributed by atoms with Crippen molar-refractivity contribution in [2.45, 2.75) is 25.8 Å². The van der Waals surface area contributed by atoms with Crippen LogP contribution in [0.3, 0.4) is 0 Å². The van der Waals surface area contributed by atoms with Crippen LogP contribution in [0.5, 0.6) is 0 Å². The van der Waals surface area contributed by atoms with Crippen molar-refractivity contribution in [2.24, 2.45) is 0 Å². The molecule has 6 heteroatoms. The van der Waals surface area contributed by atoms with E-state index in [1.165, 1.54) is 6.20 Å². The molecule has 1 aromatic heterocycles. The molecule has 0 saturated carbocycles. The van der Waals surface area contributed by atoms with Gasteiger partial charge in [-0.15, -0.1) is 0 Å². The van der Waals surface area contributed by atoms with Crippen molar-refractivity contribution in [3.63, 3.8) is 0 Å². The number of aromatic nitrogens is 1. The van der Waals surface area contributed by atoms with Gasteiger partial charge in [0.05, 0.1) is 6.61 Å². The quantitative estimate of drug-likeness (QED) is 0.869. The molecule has 0 aliphatic carbocycles. The minimum absolute atomic E-state index is 0.0995. The molecule has 1 heterocycles. The molecule has 0 fully saturated rings. The Labute approximate surface area is 91.6 Å². The summed E-state index contributed by atoms with van der Waals surface area (Å²) in [6.45, 7) is 0.882. The summed E-state index contributed by atoms with van der Waals surface area (Å²) in [5.41, 5.74) is 0.607. The largest absolute Gasteiger partial charge is 0.414 e. The second kappa shape index (κ2) is 5.16. The Morgan fingerprint density at radius 2 is 2.12 bits per heavy atom. The molecular weight excluding hydrogens is 221 g/mol. The topological polar surface area (TPSA) is 34.1 Å². The third kappa shape index (κ3) is 3.69. The van der Waals surface area contributed by atoms with Gasteiger partial charge in [-0.2, -0.15) is 13.2 Å². The maximum atomic E-state index is 12.1. The molecule has 1 unspecified atom stereocenters. The van der Waals surface area contributed by atoms with Gasteiger partial charge in [0.25, 0.3) is 0 Å². The van der Waals surface area contributed by atoms with Crippen LogP contribution in [-0.2, 0) is 11.3 Å². The zero-order chi connectivity index (χ0) is 12.2. The van der Waals surface area contributed by atoms with Crippen LogP contribution in [0.4, 0.5) is 19.0 Å². The Kier molecular flexibility index (Phi) is 4.12. The molecule has 0 radical (unpaired) electrons. The summed E-state index contributed by atoms with van der Waals surface area (Å²) in [4.78, 5) is 3.96. The number of rotatable bonds is 4. The molecule has 0 aliphatic heterocycles. The number of alkyl halides is 3. The van der Waals surface area contributed by atoms with Crippen LogP contribution in [0, 0.1) is 0 Å². The zero-order valence-electron chi connectivity index (χ0n) is 9.01. The third-order valence-electron chi connectivity index (χ3n) is 2.04. The van der Waals surface area contributed by atoms with Gasteiger partial charge < -0.3 is 10.1 Å². The molecule has 0 aliphatic rings. The minimum Gasteiger partial charge on any atom is -0.373 e. The van der Waals surface area contributed by atoms with E-state index in [1.54, 1.807) is 19.2 Å². The number of halogens is 3. The molecule has 0 amide bonds. The van der Waals surface area contributed by atoms with Crippen molar-refractivity contribution in [2.75, 3.05) is 12.4 Å². The summed E-state index contributed by atoms with van der Waals surface area (Å²) in [6, 6.07) is 3.35. The molecule has 16 heavy (non-hydrogen) atoms. The lowest BCUT2D eigenvalue weighted by atomic mass is 10.3. The van der Waals surface area contributed by atoms with Gasteiger partial charge >= 0.3 is 6.18 Å². The summed E-state index contributed by atoms with van der Waals surface area (Å²) < 4.78 is 41.0. The lowest BCUT2D eigenvalue weighted by molar-refractivity contribution is -0.217. The SMILES string of the molecule is CNc1ccc(COC(C)C(F)(F)F)cn1. The van der Waals surface area contributed by atoms with E-state index >= 15 is 0 Å². The average molecular weight is 234 g/mol. The average Bonchev–Trinajstić information content (AvgIpc) is 2.25. The summed E-state index contributed by atoms with van der Waals surface area (Å²) in [7, 11) is 1.71. The first-order valence-corrected chi connectivity index (χ1v) is 4.74. The molecule has 1 N–H and O–H groups in total. The molecule has 1 aromatic rings. The van der Waals surface area contributed by atoms with Crippen LogP contribution in [0.2, 0.25) is 0 Å². The van der Waals surface area contributed by atoms with Crippen molar-refractivity contribution >= 4 is 5.82 Å². The summed E-state index contributed by atoms with van der Waals surface area (Å²) in [5.74, 6) is 0.660. The lowest BCUT2D eigenvalue weighted by Gasteiger charge is -2.16. The van der Waals surface area contributed by atoms with Gasteiger partial charge in [0.2, 0.25) is 0 Å². The maximum Gasteiger partial charge on any atom is 0.414 e. The van der Waals surface area contributed by atoms with Gasteiger partial charge in [0.15, 0.2) is 6.10 Å². The number of hydrogen-bond acceptors (Lipinski definition) is 3. The molecule has 1 rings (SSSR count). The van der Waals surface area contributed by atoms with Crippen LogP contribution >= 0.6 is 0 Å². The Bertz CT molecular complexity index is 324. The molecule has 3 nitrogen and oxygen atoms in total. The van der Waals surface area contributed by atoms with Gasteiger partial charge in [0.1, 0.15) is 5.82 Å². The number of ether oxygens (including phenoxy) is 1. The summed E-state index contributed by atoms with van der Waals surface area (Å²) in [5, 5.41) is 2.81. The summed E-state index contributed by atoms with van der Waals surface area (Å²) in [6.07, 6.45) is -4.61. The highest BCUT2D eigenvalue weighted by Crippen LogP contribution is 2.23. The number of anilines is 1. The van der Waals surface area contributed by atoms with Crippen molar-refractivity contribution in [3.05, 3.63) is 23.9 Å². The van der Waals surface area contributed by atoms with E-state index in [-0.39, 0.29) is 6.61 Å². The second-order valence-electron chi connectivity index (χ2n) is 3.30. The number of hydrogen-bond donors (Lipinski definition) is 1. The second-order valence-corrected chi connectivity index (χ2v) is 3.30. The molecule has 0 bridgehead atoms. The van der Waals surface area contributed by atoms with Crippen molar-refractivity contribution in [3.8, 4) is 0 Å². The highest BCUT2D eigenvalue weighted by Gasteiger charge is 2.36. The Morgan fingerprint density at radius 1 is 1.44 bits per heavy atom. The first kappa shape index (κ1) is 12.8. The highest BCUT2D eigenvalue weighted by atomic mass is 19.4. The molecule has 0 spiro atoms. The molecule has 1 atom stereocenters. The Morgan fingerprint density at radius 3 is 2.56 bits per heavy atom. The fraction of sp³-hybridized carbons (Fsp3) is 0.500. The number of nitrogens with zero attached hydrogens (tertiary/aromatic N) is 1. The maximum absolute atomic E-state index is 12.1. The normalized spacial score (nSPS) is 13.6. The third-order valence-corrected chi connectivity index (χ3v) is 2.04. The molecule has 90 valence electrons. The van der Waals surface area contributed by atoms with Crippen LogP contribution in [0.15, 0.2) is 18.3 Å². The van der Waals surface area contributed by atoms with Gasteiger partial charge in [-0.25, -0.2) is 4.98 Å². The predicted octanol–water partition coefficient (Wildman–Crippen LogP) is 2.59. The lowest BCUT2D eigenvalue weighted by Crippen LogP contribution is -2.28. The van der Waals surface area contributed by atoms with E-state index in [9.17, 15) is 13.2 Å². The van der Waals surface area contributed by atoms with Gasteiger partial charge in [-0.05, 0) is 18.6 Å². The smallest absolute Gasteiger partial charge is 0.373 e. The van der Waals surface area contributed by atoms with Crippen molar-refractivity contribution in [1.82, 2.24) is 4.98 Å². The van der Waals surface area contributed by atoms with Crippen molar-refractivity contribution < 1.29 is 17.9 Å². The standard InChI is InChI=1S/C10H13F3N2O/c1-7(10(11,12)13)16-6-8-3-4-9(14-2)15-5-8/h3-5,7H,6H2,1-2H3,(H,14,15). The van der Waals surface area contributed by atoms with E-state index in [2.05, 4.69) is 15.0 Å². The minimum atomic E-state index is -4.32. The highest BCUT2D eigenvalue weighted by molar-refractivity contribution is 5.34. The summed E-state index contributed by atoms with van der Waals surface area (Å²) >= 11 is 0. The van der Waals surface area contributed by atoms with Crippen molar-refractivity contribution in [1.29, 1.82) is 0 Å². The van der Waals surface area contributed by atoms with Gasteiger partial charge in [-0.1, -0.05) is 6.07 Å². The van der Waals surface area contributed by atoms with Crippen LogP contribution in [0.1, 0.15) is 12.5 Å². The number of pyridine rings is 1. The number of nitrogens with one attached hydrogen (secondary N) is 1. The first-order valence-electron chi connectivity index (χ1n) is 4.74. The monoisotopic (exact) mass is 234 g/mol. The zero-order valence-corrected chi connectivity index (χ0v) is 9.01. The van der Waals surface area contributed by atoms with E-state index in [0.29, 0.717) is 11.4 Å². The van der Waals surface area contributed by atoms with Crippen LogP contribution in [-0.4, -0.2) is 24.3 Å². The van der Waals surface area contributed by atoms with E-state index in [1.807, 2.05) is 0 Å².